The van der Waals surface area contributed by atoms with E-state index in [1.165, 1.54) is 17.7 Å². The minimum atomic E-state index is -4.11. The van der Waals surface area contributed by atoms with E-state index in [4.69, 9.17) is 4.55 Å². The summed E-state index contributed by atoms with van der Waals surface area (Å²) in [7, 11) is -5.06. The third kappa shape index (κ3) is 4.26. The van der Waals surface area contributed by atoms with Crippen LogP contribution in [-0.2, 0) is 16.5 Å². The molecule has 0 aliphatic heterocycles. The van der Waals surface area contributed by atoms with E-state index >= 15 is 0 Å². The van der Waals surface area contributed by atoms with Gasteiger partial charge in [-0.3, -0.25) is 4.55 Å². The van der Waals surface area contributed by atoms with Crippen molar-refractivity contribution in [3.05, 3.63) is 65.7 Å². The zero-order valence-corrected chi connectivity index (χ0v) is 14.2. The number of rotatable bonds is 5. The SMILES string of the molecule is C[SiH](C)C(Cc1ccccc1)c1ccc(S(=O)(=O)O)cc1. The monoisotopic (exact) mass is 320 g/mol. The first kappa shape index (κ1) is 15.9. The molecular formula is C16H20O3SSi. The predicted octanol–water partition coefficient (Wildman–Crippen LogP) is 3.29. The molecule has 0 saturated heterocycles. The van der Waals surface area contributed by atoms with Gasteiger partial charge in [0.05, 0.1) is 4.90 Å². The summed E-state index contributed by atoms with van der Waals surface area (Å²) < 4.78 is 31.3. The molecule has 0 aromatic heterocycles. The molecule has 2 aromatic carbocycles. The summed E-state index contributed by atoms with van der Waals surface area (Å²) in [4.78, 5) is -0.0462. The van der Waals surface area contributed by atoms with Crippen LogP contribution >= 0.6 is 0 Å². The molecule has 0 heterocycles. The lowest BCUT2D eigenvalue weighted by atomic mass is 10.0. The lowest BCUT2D eigenvalue weighted by molar-refractivity contribution is 0.483. The second-order valence-corrected chi connectivity index (χ2v) is 10.3. The van der Waals surface area contributed by atoms with E-state index in [9.17, 15) is 8.42 Å². The molecule has 21 heavy (non-hydrogen) atoms. The van der Waals surface area contributed by atoms with Crippen molar-refractivity contribution in [2.75, 3.05) is 0 Å². The molecule has 1 atom stereocenters. The van der Waals surface area contributed by atoms with Crippen LogP contribution in [0.15, 0.2) is 59.5 Å². The summed E-state index contributed by atoms with van der Waals surface area (Å²) in [5.74, 6) is 0. The molecule has 0 spiro atoms. The van der Waals surface area contributed by atoms with Crippen LogP contribution in [0.4, 0.5) is 0 Å². The van der Waals surface area contributed by atoms with Gasteiger partial charge in [-0.05, 0) is 35.2 Å². The van der Waals surface area contributed by atoms with Crippen LogP contribution in [0.25, 0.3) is 0 Å². The Morgan fingerprint density at radius 1 is 1.00 bits per heavy atom. The Balaban J connectivity index is 2.27. The van der Waals surface area contributed by atoms with Crippen LogP contribution in [0.5, 0.6) is 0 Å². The fraction of sp³-hybridized carbons (Fsp3) is 0.250. The van der Waals surface area contributed by atoms with Crippen molar-refractivity contribution < 1.29 is 13.0 Å². The molecule has 0 amide bonds. The maximum absolute atomic E-state index is 11.1. The predicted molar refractivity (Wildman–Crippen MR) is 88.0 cm³/mol. The molecule has 0 aliphatic rings. The Bertz CT molecular complexity index is 679. The van der Waals surface area contributed by atoms with Crippen LogP contribution in [0, 0.1) is 0 Å². The van der Waals surface area contributed by atoms with Crippen LogP contribution < -0.4 is 0 Å². The van der Waals surface area contributed by atoms with Gasteiger partial charge in [0.25, 0.3) is 10.1 Å². The molecule has 2 aromatic rings. The fourth-order valence-corrected chi connectivity index (χ4v) is 4.71. The first-order chi connectivity index (χ1) is 9.88. The Labute approximate surface area is 128 Å². The summed E-state index contributed by atoms with van der Waals surface area (Å²) >= 11 is 0. The van der Waals surface area contributed by atoms with Gasteiger partial charge in [-0.25, -0.2) is 0 Å². The maximum atomic E-state index is 11.1. The van der Waals surface area contributed by atoms with Crippen molar-refractivity contribution in [3.63, 3.8) is 0 Å². The lowest BCUT2D eigenvalue weighted by Gasteiger charge is -2.21. The molecule has 0 bridgehead atoms. The van der Waals surface area contributed by atoms with Gasteiger partial charge < -0.3 is 0 Å². The third-order valence-corrected chi connectivity index (χ3v) is 6.81. The maximum Gasteiger partial charge on any atom is 0.294 e. The number of hydrogen-bond acceptors (Lipinski definition) is 2. The smallest absolute Gasteiger partial charge is 0.282 e. The Hall–Kier alpha value is -1.43. The van der Waals surface area contributed by atoms with Gasteiger partial charge >= 0.3 is 0 Å². The van der Waals surface area contributed by atoms with Crippen molar-refractivity contribution in [3.8, 4) is 0 Å². The van der Waals surface area contributed by atoms with Gasteiger partial charge in [0, 0.05) is 8.80 Å². The quantitative estimate of drug-likeness (QED) is 0.679. The highest BCUT2D eigenvalue weighted by Gasteiger charge is 2.18. The van der Waals surface area contributed by atoms with E-state index in [2.05, 4.69) is 25.2 Å². The van der Waals surface area contributed by atoms with Gasteiger partial charge in [0.1, 0.15) is 0 Å². The minimum Gasteiger partial charge on any atom is -0.282 e. The molecule has 0 radical (unpaired) electrons. The summed E-state index contributed by atoms with van der Waals surface area (Å²) in [5.41, 5.74) is 2.89. The normalized spacial score (nSPS) is 13.3. The average molecular weight is 320 g/mol. The Kier molecular flexibility index (Phi) is 4.98. The number of benzene rings is 2. The molecule has 3 nitrogen and oxygen atoms in total. The molecule has 2 rings (SSSR count). The molecule has 1 unspecified atom stereocenters. The summed E-state index contributed by atoms with van der Waals surface area (Å²) in [6.45, 7) is 4.59. The van der Waals surface area contributed by atoms with Crippen molar-refractivity contribution >= 4 is 18.9 Å². The summed E-state index contributed by atoms with van der Waals surface area (Å²) in [6.07, 6.45) is 0.968. The zero-order valence-electron chi connectivity index (χ0n) is 12.2. The van der Waals surface area contributed by atoms with Crippen LogP contribution in [0.3, 0.4) is 0 Å². The molecule has 0 saturated carbocycles. The first-order valence-corrected chi connectivity index (χ1v) is 11.4. The van der Waals surface area contributed by atoms with Crippen LogP contribution in [0.2, 0.25) is 13.1 Å². The van der Waals surface area contributed by atoms with Crippen LogP contribution in [-0.4, -0.2) is 21.8 Å². The van der Waals surface area contributed by atoms with E-state index in [-0.39, 0.29) is 4.90 Å². The molecule has 1 N–H and O–H groups in total. The Morgan fingerprint density at radius 3 is 2.05 bits per heavy atom. The largest absolute Gasteiger partial charge is 0.294 e. The first-order valence-electron chi connectivity index (χ1n) is 6.99. The number of hydrogen-bond donors (Lipinski definition) is 1. The second kappa shape index (κ2) is 6.55. The molecular weight excluding hydrogens is 300 g/mol. The van der Waals surface area contributed by atoms with E-state index < -0.39 is 18.9 Å². The molecule has 0 aliphatic carbocycles. The molecule has 0 fully saturated rings. The van der Waals surface area contributed by atoms with Gasteiger partial charge in [0.2, 0.25) is 0 Å². The summed E-state index contributed by atoms with van der Waals surface area (Å²) in [6, 6.07) is 16.9. The standard InChI is InChI=1S/C16H20O3SSi/c1-21(2)16(12-13-6-4-3-5-7-13)14-8-10-15(11-9-14)20(17,18)19/h3-11,16,21H,12H2,1-2H3,(H,17,18,19). The van der Waals surface area contributed by atoms with Gasteiger partial charge in [-0.1, -0.05) is 55.6 Å². The lowest BCUT2D eigenvalue weighted by Crippen LogP contribution is -2.18. The zero-order chi connectivity index (χ0) is 15.5. The molecule has 5 heteroatoms. The second-order valence-electron chi connectivity index (χ2n) is 5.58. The van der Waals surface area contributed by atoms with E-state index in [1.54, 1.807) is 0 Å². The van der Waals surface area contributed by atoms with E-state index in [0.29, 0.717) is 5.54 Å². The topological polar surface area (TPSA) is 54.4 Å². The van der Waals surface area contributed by atoms with Crippen molar-refractivity contribution in [1.29, 1.82) is 0 Å². The fourth-order valence-electron chi connectivity index (χ4n) is 2.49. The van der Waals surface area contributed by atoms with Gasteiger partial charge in [-0.2, -0.15) is 8.42 Å². The van der Waals surface area contributed by atoms with Crippen molar-refractivity contribution in [2.45, 2.75) is 30.0 Å². The van der Waals surface area contributed by atoms with Crippen LogP contribution in [0.1, 0.15) is 16.7 Å². The minimum absolute atomic E-state index is 0.0462. The highest BCUT2D eigenvalue weighted by Crippen LogP contribution is 2.25. The Morgan fingerprint density at radius 2 is 1.57 bits per heavy atom. The summed E-state index contributed by atoms with van der Waals surface area (Å²) in [5, 5.41) is 0. The molecule has 112 valence electrons. The van der Waals surface area contributed by atoms with Crippen molar-refractivity contribution in [1.82, 2.24) is 0 Å². The average Bonchev–Trinajstić information content (AvgIpc) is 2.45. The third-order valence-electron chi connectivity index (χ3n) is 3.71. The van der Waals surface area contributed by atoms with Gasteiger partial charge in [0.15, 0.2) is 0 Å². The van der Waals surface area contributed by atoms with Gasteiger partial charge in [-0.15, -0.1) is 0 Å². The van der Waals surface area contributed by atoms with Crippen molar-refractivity contribution in [2.24, 2.45) is 0 Å². The van der Waals surface area contributed by atoms with E-state index in [0.717, 1.165) is 12.0 Å². The highest BCUT2D eigenvalue weighted by atomic mass is 32.2. The highest BCUT2D eigenvalue weighted by molar-refractivity contribution is 7.85. The van der Waals surface area contributed by atoms with E-state index in [1.807, 2.05) is 30.3 Å².